The van der Waals surface area contributed by atoms with Crippen LogP contribution in [-0.4, -0.2) is 14.3 Å². The highest BCUT2D eigenvalue weighted by Crippen LogP contribution is 2.24. The molecule has 0 spiro atoms. The molecule has 3 rings (SSSR count). The Morgan fingerprint density at radius 2 is 1.47 bits per heavy atom. The van der Waals surface area contributed by atoms with Crippen LogP contribution in [-0.2, 0) is 10.0 Å². The second-order valence-corrected chi connectivity index (χ2v) is 9.90. The first-order chi connectivity index (χ1) is 15.1. The third kappa shape index (κ3) is 5.37. The number of sulfonamides is 1. The van der Waals surface area contributed by atoms with Gasteiger partial charge in [0.15, 0.2) is 0 Å². The Bertz CT molecular complexity index is 1230. The topological polar surface area (TPSA) is 75.3 Å². The highest BCUT2D eigenvalue weighted by Gasteiger charge is 2.21. The highest BCUT2D eigenvalue weighted by atomic mass is 32.2. The number of carbonyl (C=O) groups excluding carboxylic acids is 1. The van der Waals surface area contributed by atoms with Crippen molar-refractivity contribution in [2.24, 2.45) is 0 Å². The Morgan fingerprint density at radius 1 is 0.844 bits per heavy atom. The first-order valence-electron chi connectivity index (χ1n) is 10.7. The fourth-order valence-corrected chi connectivity index (χ4v) is 4.93. The summed E-state index contributed by atoms with van der Waals surface area (Å²) in [6, 6.07) is 18.2. The Hall–Kier alpha value is -3.12. The van der Waals surface area contributed by atoms with Crippen LogP contribution >= 0.6 is 0 Å². The number of anilines is 1. The Balaban J connectivity index is 1.87. The lowest BCUT2D eigenvalue weighted by Gasteiger charge is -2.19. The first kappa shape index (κ1) is 23.5. The number of rotatable bonds is 7. The van der Waals surface area contributed by atoms with E-state index in [0.717, 1.165) is 28.7 Å². The van der Waals surface area contributed by atoms with Crippen LogP contribution in [0.1, 0.15) is 57.6 Å². The average molecular weight is 451 g/mol. The minimum atomic E-state index is -3.86. The summed E-state index contributed by atoms with van der Waals surface area (Å²) < 4.78 is 29.0. The third-order valence-corrected chi connectivity index (χ3v) is 7.08. The summed E-state index contributed by atoms with van der Waals surface area (Å²) >= 11 is 0. The van der Waals surface area contributed by atoms with Gasteiger partial charge >= 0.3 is 0 Å². The summed E-state index contributed by atoms with van der Waals surface area (Å²) in [5.41, 5.74) is 5.37. The quantitative estimate of drug-likeness (QED) is 0.492. The van der Waals surface area contributed by atoms with Gasteiger partial charge < -0.3 is 5.32 Å². The third-order valence-electron chi connectivity index (χ3n) is 5.57. The summed E-state index contributed by atoms with van der Waals surface area (Å²) in [4.78, 5) is 13.1. The second-order valence-electron chi connectivity index (χ2n) is 8.25. The lowest BCUT2D eigenvalue weighted by atomic mass is 10.0. The van der Waals surface area contributed by atoms with E-state index in [1.54, 1.807) is 25.1 Å². The smallest absolute Gasteiger partial charge is 0.262 e. The molecule has 0 unspecified atom stereocenters. The molecule has 0 aliphatic heterocycles. The molecule has 32 heavy (non-hydrogen) atoms. The number of nitrogens with one attached hydrogen (secondary N) is 2. The normalized spacial score (nSPS) is 12.3. The van der Waals surface area contributed by atoms with Crippen LogP contribution in [0.5, 0.6) is 0 Å². The maximum absolute atomic E-state index is 13.1. The van der Waals surface area contributed by atoms with E-state index < -0.39 is 10.0 Å². The van der Waals surface area contributed by atoms with Crippen molar-refractivity contribution in [2.75, 3.05) is 4.72 Å². The number of benzene rings is 3. The van der Waals surface area contributed by atoms with Crippen molar-refractivity contribution in [2.45, 2.75) is 52.0 Å². The zero-order valence-electron chi connectivity index (χ0n) is 19.2. The summed E-state index contributed by atoms with van der Waals surface area (Å²) in [5.74, 6) is -0.305. The van der Waals surface area contributed by atoms with Crippen LogP contribution in [0.25, 0.3) is 0 Å². The summed E-state index contributed by atoms with van der Waals surface area (Å²) in [5, 5.41) is 3.03. The SMILES string of the molecule is CC[C@H](NC(=O)c1ccc(C)c(S(=O)(=O)Nc2cc(C)ccc2C)c1)c1ccc(C)cc1. The van der Waals surface area contributed by atoms with Crippen LogP contribution in [0.3, 0.4) is 0 Å². The fraction of sp³-hybridized carbons (Fsp3) is 0.269. The molecule has 1 atom stereocenters. The van der Waals surface area contributed by atoms with Crippen molar-refractivity contribution in [3.05, 3.63) is 94.0 Å². The molecule has 0 saturated heterocycles. The summed E-state index contributed by atoms with van der Waals surface area (Å²) in [6.45, 7) is 9.50. The lowest BCUT2D eigenvalue weighted by molar-refractivity contribution is 0.0935. The van der Waals surface area contributed by atoms with Gasteiger partial charge in [-0.2, -0.15) is 0 Å². The van der Waals surface area contributed by atoms with Crippen molar-refractivity contribution in [3.8, 4) is 0 Å². The van der Waals surface area contributed by atoms with E-state index in [1.807, 2.05) is 64.1 Å². The molecule has 0 heterocycles. The molecular weight excluding hydrogens is 420 g/mol. The van der Waals surface area contributed by atoms with Gasteiger partial charge in [0, 0.05) is 5.56 Å². The van der Waals surface area contributed by atoms with Crippen LogP contribution in [0, 0.1) is 27.7 Å². The predicted octanol–water partition coefficient (Wildman–Crippen LogP) is 5.60. The number of hydrogen-bond acceptors (Lipinski definition) is 3. The molecule has 0 aromatic heterocycles. The Morgan fingerprint density at radius 3 is 2.12 bits per heavy atom. The number of hydrogen-bond donors (Lipinski definition) is 2. The Kier molecular flexibility index (Phi) is 7.04. The molecule has 1 amide bonds. The molecule has 6 heteroatoms. The minimum absolute atomic E-state index is 0.0921. The van der Waals surface area contributed by atoms with Crippen LogP contribution in [0.15, 0.2) is 65.6 Å². The van der Waals surface area contributed by atoms with Crippen molar-refractivity contribution in [3.63, 3.8) is 0 Å². The standard InChI is InChI=1S/C26H30N2O3S/c1-6-23(21-12-8-17(2)9-13-21)27-26(29)22-14-11-20(5)25(16-22)32(30,31)28-24-15-18(3)7-10-19(24)4/h7-16,23,28H,6H2,1-5H3,(H,27,29)/t23-/m0/s1. The van der Waals surface area contributed by atoms with Crippen LogP contribution in [0.2, 0.25) is 0 Å². The van der Waals surface area contributed by atoms with E-state index in [9.17, 15) is 13.2 Å². The predicted molar refractivity (Wildman–Crippen MR) is 130 cm³/mol. The van der Waals surface area contributed by atoms with Crippen molar-refractivity contribution >= 4 is 21.6 Å². The highest BCUT2D eigenvalue weighted by molar-refractivity contribution is 7.92. The molecule has 0 saturated carbocycles. The van der Waals surface area contributed by atoms with E-state index in [0.29, 0.717) is 16.8 Å². The number of amides is 1. The zero-order valence-corrected chi connectivity index (χ0v) is 20.0. The van der Waals surface area contributed by atoms with Crippen molar-refractivity contribution < 1.29 is 13.2 Å². The fourth-order valence-electron chi connectivity index (χ4n) is 3.54. The maximum Gasteiger partial charge on any atom is 0.262 e. The molecule has 0 fully saturated rings. The summed E-state index contributed by atoms with van der Waals surface area (Å²) in [6.07, 6.45) is 0.722. The van der Waals surface area contributed by atoms with Crippen LogP contribution < -0.4 is 10.0 Å². The van der Waals surface area contributed by atoms with E-state index in [-0.39, 0.29) is 16.8 Å². The molecule has 2 N–H and O–H groups in total. The molecule has 5 nitrogen and oxygen atoms in total. The molecule has 0 radical (unpaired) electrons. The molecule has 3 aromatic rings. The molecule has 0 aliphatic rings. The van der Waals surface area contributed by atoms with Gasteiger partial charge in [0.2, 0.25) is 0 Å². The second kappa shape index (κ2) is 9.57. The molecular formula is C26H30N2O3S. The van der Waals surface area contributed by atoms with Gasteiger partial charge in [0.1, 0.15) is 0 Å². The molecule has 3 aromatic carbocycles. The van der Waals surface area contributed by atoms with Crippen molar-refractivity contribution in [1.82, 2.24) is 5.32 Å². The maximum atomic E-state index is 13.1. The van der Waals surface area contributed by atoms with E-state index >= 15 is 0 Å². The van der Waals surface area contributed by atoms with E-state index in [1.165, 1.54) is 6.07 Å². The largest absolute Gasteiger partial charge is 0.345 e. The minimum Gasteiger partial charge on any atom is -0.345 e. The zero-order chi connectivity index (χ0) is 23.5. The van der Waals surface area contributed by atoms with Gasteiger partial charge in [-0.15, -0.1) is 0 Å². The van der Waals surface area contributed by atoms with Gasteiger partial charge in [-0.1, -0.05) is 55.0 Å². The number of carbonyl (C=O) groups is 1. The average Bonchev–Trinajstić information content (AvgIpc) is 2.75. The lowest BCUT2D eigenvalue weighted by Crippen LogP contribution is -2.28. The Labute approximate surface area is 190 Å². The monoisotopic (exact) mass is 450 g/mol. The number of aryl methyl sites for hydroxylation is 4. The van der Waals surface area contributed by atoms with Gasteiger partial charge in [-0.3, -0.25) is 9.52 Å². The van der Waals surface area contributed by atoms with Crippen LogP contribution in [0.4, 0.5) is 5.69 Å². The van der Waals surface area contributed by atoms with Crippen molar-refractivity contribution in [1.29, 1.82) is 0 Å². The summed E-state index contributed by atoms with van der Waals surface area (Å²) in [7, 11) is -3.86. The van der Waals surface area contributed by atoms with Gasteiger partial charge in [0.05, 0.1) is 16.6 Å². The van der Waals surface area contributed by atoms with Gasteiger partial charge in [-0.25, -0.2) is 8.42 Å². The van der Waals surface area contributed by atoms with E-state index in [4.69, 9.17) is 0 Å². The van der Waals surface area contributed by atoms with E-state index in [2.05, 4.69) is 10.0 Å². The van der Waals surface area contributed by atoms with Gasteiger partial charge in [-0.05, 0) is 74.6 Å². The molecule has 0 aliphatic carbocycles. The first-order valence-corrected chi connectivity index (χ1v) is 12.2. The molecule has 168 valence electrons. The molecule has 0 bridgehead atoms. The van der Waals surface area contributed by atoms with Gasteiger partial charge in [0.25, 0.3) is 15.9 Å².